The number of carbonyl (C=O) groups is 1. The van der Waals surface area contributed by atoms with Gasteiger partial charge in [0.2, 0.25) is 0 Å². The molecule has 0 aliphatic rings. The first-order valence-corrected chi connectivity index (χ1v) is 4.69. The minimum Gasteiger partial charge on any atom is -0.504 e. The Kier molecular flexibility index (Phi) is 3.72. The standard InChI is InChI=1S/C11H11NO4/c1-2-16-10(14)5-8-7(6-12)3-4-9(13)11(8)15/h3-4,13,15H,2,5H2,1H3. The van der Waals surface area contributed by atoms with Gasteiger partial charge in [-0.3, -0.25) is 4.79 Å². The summed E-state index contributed by atoms with van der Waals surface area (Å²) in [5.41, 5.74) is 0.226. The van der Waals surface area contributed by atoms with Crippen LogP contribution < -0.4 is 0 Å². The van der Waals surface area contributed by atoms with Gasteiger partial charge >= 0.3 is 5.97 Å². The monoisotopic (exact) mass is 221 g/mol. The van der Waals surface area contributed by atoms with Crippen molar-refractivity contribution < 1.29 is 19.7 Å². The minimum atomic E-state index is -0.556. The lowest BCUT2D eigenvalue weighted by atomic mass is 10.0. The fourth-order valence-electron chi connectivity index (χ4n) is 1.26. The van der Waals surface area contributed by atoms with E-state index in [1.807, 2.05) is 6.07 Å². The molecule has 0 heterocycles. The number of nitrogens with zero attached hydrogens (tertiary/aromatic N) is 1. The van der Waals surface area contributed by atoms with E-state index in [0.717, 1.165) is 0 Å². The summed E-state index contributed by atoms with van der Waals surface area (Å²) in [6.45, 7) is 1.88. The SMILES string of the molecule is CCOC(=O)Cc1c(C#N)ccc(O)c1O. The van der Waals surface area contributed by atoms with Crippen molar-refractivity contribution in [2.24, 2.45) is 0 Å². The van der Waals surface area contributed by atoms with Crippen molar-refractivity contribution in [3.05, 3.63) is 23.3 Å². The number of phenolic OH excluding ortho intramolecular Hbond substituents is 2. The molecule has 1 rings (SSSR count). The Bertz CT molecular complexity index is 448. The molecule has 0 atom stereocenters. The first-order valence-electron chi connectivity index (χ1n) is 4.69. The fraction of sp³-hybridized carbons (Fsp3) is 0.273. The lowest BCUT2D eigenvalue weighted by molar-refractivity contribution is -0.142. The summed E-state index contributed by atoms with van der Waals surface area (Å²) in [7, 11) is 0. The number of nitriles is 1. The molecule has 0 saturated heterocycles. The molecule has 0 aliphatic carbocycles. The number of hydrogen-bond acceptors (Lipinski definition) is 5. The number of esters is 1. The number of hydrogen-bond donors (Lipinski definition) is 2. The minimum absolute atomic E-state index is 0.0842. The van der Waals surface area contributed by atoms with Gasteiger partial charge in [0, 0.05) is 5.56 Å². The van der Waals surface area contributed by atoms with Crippen LogP contribution in [0.4, 0.5) is 0 Å². The van der Waals surface area contributed by atoms with Crippen LogP contribution in [0.15, 0.2) is 12.1 Å². The predicted molar refractivity (Wildman–Crippen MR) is 54.8 cm³/mol. The van der Waals surface area contributed by atoms with Crippen LogP contribution in [0.1, 0.15) is 18.1 Å². The van der Waals surface area contributed by atoms with Crippen molar-refractivity contribution >= 4 is 5.97 Å². The molecule has 2 N–H and O–H groups in total. The van der Waals surface area contributed by atoms with Crippen LogP contribution >= 0.6 is 0 Å². The highest BCUT2D eigenvalue weighted by atomic mass is 16.5. The van der Waals surface area contributed by atoms with Crippen LogP contribution in [0.2, 0.25) is 0 Å². The topological polar surface area (TPSA) is 90.6 Å². The lowest BCUT2D eigenvalue weighted by Gasteiger charge is -2.07. The van der Waals surface area contributed by atoms with Gasteiger partial charge in [-0.2, -0.15) is 5.26 Å². The number of phenols is 2. The van der Waals surface area contributed by atoms with Gasteiger partial charge in [-0.15, -0.1) is 0 Å². The van der Waals surface area contributed by atoms with E-state index in [-0.39, 0.29) is 29.9 Å². The van der Waals surface area contributed by atoms with Gasteiger partial charge in [0.15, 0.2) is 11.5 Å². The second-order valence-corrected chi connectivity index (χ2v) is 3.05. The summed E-state index contributed by atoms with van der Waals surface area (Å²) >= 11 is 0. The summed E-state index contributed by atoms with van der Waals surface area (Å²) in [6, 6.07) is 4.37. The van der Waals surface area contributed by atoms with Crippen molar-refractivity contribution in [2.75, 3.05) is 6.61 Å². The van der Waals surface area contributed by atoms with E-state index < -0.39 is 11.7 Å². The summed E-state index contributed by atoms with van der Waals surface area (Å²) in [4.78, 5) is 11.2. The molecule has 0 bridgehead atoms. The largest absolute Gasteiger partial charge is 0.504 e. The van der Waals surface area contributed by atoms with Crippen molar-refractivity contribution in [3.63, 3.8) is 0 Å². The average Bonchev–Trinajstić information content (AvgIpc) is 2.25. The van der Waals surface area contributed by atoms with Gasteiger partial charge in [0.25, 0.3) is 0 Å². The Balaban J connectivity index is 3.07. The van der Waals surface area contributed by atoms with Gasteiger partial charge in [-0.1, -0.05) is 0 Å². The normalized spacial score (nSPS) is 9.50. The molecular formula is C11H11NO4. The van der Waals surface area contributed by atoms with Gasteiger partial charge in [-0.25, -0.2) is 0 Å². The van der Waals surface area contributed by atoms with Gasteiger partial charge < -0.3 is 14.9 Å². The first-order chi connectivity index (χ1) is 7.60. The second kappa shape index (κ2) is 5.03. The first kappa shape index (κ1) is 11.9. The highest BCUT2D eigenvalue weighted by Crippen LogP contribution is 2.31. The smallest absolute Gasteiger partial charge is 0.310 e. The number of ether oxygens (including phenoxy) is 1. The zero-order valence-electron chi connectivity index (χ0n) is 8.73. The number of benzene rings is 1. The quantitative estimate of drug-likeness (QED) is 0.588. The van der Waals surface area contributed by atoms with Crippen LogP contribution in [0.3, 0.4) is 0 Å². The zero-order chi connectivity index (χ0) is 12.1. The maximum absolute atomic E-state index is 11.2. The van der Waals surface area contributed by atoms with E-state index in [2.05, 4.69) is 0 Å². The third kappa shape index (κ3) is 2.42. The van der Waals surface area contributed by atoms with Gasteiger partial charge in [0.05, 0.1) is 24.7 Å². The van der Waals surface area contributed by atoms with Crippen LogP contribution in [0.5, 0.6) is 11.5 Å². The van der Waals surface area contributed by atoms with Crippen LogP contribution in [0.25, 0.3) is 0 Å². The van der Waals surface area contributed by atoms with Crippen molar-refractivity contribution in [1.82, 2.24) is 0 Å². The molecule has 5 heteroatoms. The maximum atomic E-state index is 11.2. The van der Waals surface area contributed by atoms with Crippen LogP contribution in [-0.4, -0.2) is 22.8 Å². The summed E-state index contributed by atoms with van der Waals surface area (Å²) in [5.74, 6) is -1.37. The fourth-order valence-corrected chi connectivity index (χ4v) is 1.26. The average molecular weight is 221 g/mol. The molecule has 0 unspecified atom stereocenters. The highest BCUT2D eigenvalue weighted by molar-refractivity contribution is 5.75. The molecule has 0 saturated carbocycles. The van der Waals surface area contributed by atoms with E-state index in [1.165, 1.54) is 12.1 Å². The molecule has 0 fully saturated rings. The number of rotatable bonds is 3. The molecular weight excluding hydrogens is 210 g/mol. The lowest BCUT2D eigenvalue weighted by Crippen LogP contribution is -2.08. The van der Waals surface area contributed by atoms with Crippen LogP contribution in [0, 0.1) is 11.3 Å². The maximum Gasteiger partial charge on any atom is 0.310 e. The third-order valence-electron chi connectivity index (χ3n) is 2.01. The Morgan fingerprint density at radius 3 is 2.75 bits per heavy atom. The molecule has 84 valence electrons. The summed E-state index contributed by atoms with van der Waals surface area (Å²) in [6.07, 6.45) is -0.239. The van der Waals surface area contributed by atoms with Gasteiger partial charge in [0.1, 0.15) is 0 Å². The van der Waals surface area contributed by atoms with E-state index in [1.54, 1.807) is 6.92 Å². The number of carbonyl (C=O) groups excluding carboxylic acids is 1. The van der Waals surface area contributed by atoms with E-state index in [0.29, 0.717) is 0 Å². The summed E-state index contributed by atoms with van der Waals surface area (Å²) < 4.78 is 4.70. The van der Waals surface area contributed by atoms with Crippen LogP contribution in [-0.2, 0) is 16.0 Å². The Morgan fingerprint density at radius 1 is 1.50 bits per heavy atom. The highest BCUT2D eigenvalue weighted by Gasteiger charge is 2.16. The Labute approximate surface area is 92.5 Å². The zero-order valence-corrected chi connectivity index (χ0v) is 8.73. The van der Waals surface area contributed by atoms with E-state index in [9.17, 15) is 15.0 Å². The molecule has 1 aromatic carbocycles. The van der Waals surface area contributed by atoms with Crippen molar-refractivity contribution in [1.29, 1.82) is 5.26 Å². The molecule has 0 aromatic heterocycles. The molecule has 5 nitrogen and oxygen atoms in total. The van der Waals surface area contributed by atoms with Crippen molar-refractivity contribution in [3.8, 4) is 17.6 Å². The third-order valence-corrected chi connectivity index (χ3v) is 2.01. The molecule has 0 spiro atoms. The molecule has 0 amide bonds. The molecule has 0 radical (unpaired) electrons. The summed E-state index contributed by atoms with van der Waals surface area (Å²) in [5, 5.41) is 27.6. The Morgan fingerprint density at radius 2 is 2.19 bits per heavy atom. The Hall–Kier alpha value is -2.22. The second-order valence-electron chi connectivity index (χ2n) is 3.05. The predicted octanol–water partition coefficient (Wildman–Crippen LogP) is 1.08. The van der Waals surface area contributed by atoms with Crippen molar-refractivity contribution in [2.45, 2.75) is 13.3 Å². The molecule has 1 aromatic rings. The number of aromatic hydroxyl groups is 2. The van der Waals surface area contributed by atoms with Gasteiger partial charge in [-0.05, 0) is 19.1 Å². The molecule has 16 heavy (non-hydrogen) atoms. The molecule has 0 aliphatic heterocycles. The van der Waals surface area contributed by atoms with E-state index >= 15 is 0 Å². The van der Waals surface area contributed by atoms with E-state index in [4.69, 9.17) is 10.00 Å².